The summed E-state index contributed by atoms with van der Waals surface area (Å²) in [5, 5.41) is 11.3. The Kier molecular flexibility index (Phi) is 4.61. The number of para-hydroxylation sites is 1. The second-order valence-electron chi connectivity index (χ2n) is 3.78. The average Bonchev–Trinajstić information content (AvgIpc) is 2.92. The zero-order valence-corrected chi connectivity index (χ0v) is 11.1. The lowest BCUT2D eigenvalue weighted by Gasteiger charge is -2.13. The molecule has 18 heavy (non-hydrogen) atoms. The molecule has 96 valence electrons. The fourth-order valence-electron chi connectivity index (χ4n) is 1.72. The molecule has 2 rings (SSSR count). The summed E-state index contributed by atoms with van der Waals surface area (Å²) in [6.07, 6.45) is 0.862. The first kappa shape index (κ1) is 12.9. The minimum Gasteiger partial charge on any atom is -0.493 e. The van der Waals surface area contributed by atoms with Crippen molar-refractivity contribution >= 4 is 11.3 Å². The van der Waals surface area contributed by atoms with Crippen molar-refractivity contribution in [3.63, 3.8) is 0 Å². The summed E-state index contributed by atoms with van der Waals surface area (Å²) in [5.74, 6) is 1.30. The van der Waals surface area contributed by atoms with Crippen molar-refractivity contribution in [1.29, 1.82) is 0 Å². The SMILES string of the molecule is COc1cccc(CO)c1OCCc1cccs1. The van der Waals surface area contributed by atoms with E-state index in [-0.39, 0.29) is 6.61 Å². The van der Waals surface area contributed by atoms with E-state index in [1.54, 1.807) is 18.4 Å². The van der Waals surface area contributed by atoms with E-state index in [4.69, 9.17) is 9.47 Å². The number of methoxy groups -OCH3 is 1. The molecule has 0 unspecified atom stereocenters. The van der Waals surface area contributed by atoms with Gasteiger partial charge in [0.25, 0.3) is 0 Å². The molecule has 1 heterocycles. The van der Waals surface area contributed by atoms with Crippen LogP contribution in [0.1, 0.15) is 10.4 Å². The summed E-state index contributed by atoms with van der Waals surface area (Å²) in [5.41, 5.74) is 0.750. The van der Waals surface area contributed by atoms with E-state index in [1.807, 2.05) is 24.3 Å². The second kappa shape index (κ2) is 6.42. The Morgan fingerprint density at radius 3 is 2.78 bits per heavy atom. The first-order chi connectivity index (χ1) is 8.85. The zero-order chi connectivity index (χ0) is 12.8. The first-order valence-electron chi connectivity index (χ1n) is 5.77. The van der Waals surface area contributed by atoms with Gasteiger partial charge in [0.05, 0.1) is 20.3 Å². The molecule has 0 aliphatic heterocycles. The molecule has 0 saturated heterocycles. The molecule has 1 N–H and O–H groups in total. The van der Waals surface area contributed by atoms with Gasteiger partial charge in [-0.3, -0.25) is 0 Å². The van der Waals surface area contributed by atoms with Crippen LogP contribution >= 0.6 is 11.3 Å². The first-order valence-corrected chi connectivity index (χ1v) is 6.65. The Bertz CT molecular complexity index is 458. The third kappa shape index (κ3) is 3.03. The van der Waals surface area contributed by atoms with Crippen LogP contribution in [0.4, 0.5) is 0 Å². The predicted molar refractivity (Wildman–Crippen MR) is 72.4 cm³/mol. The van der Waals surface area contributed by atoms with Crippen LogP contribution < -0.4 is 9.47 Å². The molecule has 0 spiro atoms. The van der Waals surface area contributed by atoms with Crippen LogP contribution in [0, 0.1) is 0 Å². The van der Waals surface area contributed by atoms with Gasteiger partial charge >= 0.3 is 0 Å². The standard InChI is InChI=1S/C14H16O3S/c1-16-13-6-2-4-11(10-15)14(13)17-8-7-12-5-3-9-18-12/h2-6,9,15H,7-8,10H2,1H3. The molecule has 0 bridgehead atoms. The van der Waals surface area contributed by atoms with E-state index in [1.165, 1.54) is 4.88 Å². The van der Waals surface area contributed by atoms with Crippen molar-refractivity contribution in [3.8, 4) is 11.5 Å². The second-order valence-corrected chi connectivity index (χ2v) is 4.82. The Balaban J connectivity index is 2.03. The van der Waals surface area contributed by atoms with Gasteiger partial charge in [-0.2, -0.15) is 0 Å². The number of aliphatic hydroxyl groups is 1. The molecule has 0 atom stereocenters. The lowest BCUT2D eigenvalue weighted by molar-refractivity contribution is 0.256. The maximum Gasteiger partial charge on any atom is 0.166 e. The van der Waals surface area contributed by atoms with Gasteiger partial charge in [0.2, 0.25) is 0 Å². The molecule has 0 amide bonds. The van der Waals surface area contributed by atoms with Crippen molar-refractivity contribution in [2.75, 3.05) is 13.7 Å². The summed E-state index contributed by atoms with van der Waals surface area (Å²) in [6, 6.07) is 9.63. The molecule has 0 fully saturated rings. The molecular weight excluding hydrogens is 248 g/mol. The number of hydrogen-bond donors (Lipinski definition) is 1. The molecule has 3 nitrogen and oxygen atoms in total. The quantitative estimate of drug-likeness (QED) is 0.872. The lowest BCUT2D eigenvalue weighted by atomic mass is 10.2. The van der Waals surface area contributed by atoms with Crippen molar-refractivity contribution < 1.29 is 14.6 Å². The van der Waals surface area contributed by atoms with Crippen molar-refractivity contribution in [3.05, 3.63) is 46.2 Å². The Hall–Kier alpha value is -1.52. The average molecular weight is 264 g/mol. The highest BCUT2D eigenvalue weighted by molar-refractivity contribution is 7.09. The Morgan fingerprint density at radius 2 is 2.11 bits per heavy atom. The lowest BCUT2D eigenvalue weighted by Crippen LogP contribution is -2.04. The van der Waals surface area contributed by atoms with E-state index in [9.17, 15) is 5.11 Å². The van der Waals surface area contributed by atoms with Crippen LogP contribution in [0.3, 0.4) is 0 Å². The van der Waals surface area contributed by atoms with Gasteiger partial charge in [-0.05, 0) is 17.5 Å². The monoisotopic (exact) mass is 264 g/mol. The summed E-state index contributed by atoms with van der Waals surface area (Å²) in [6.45, 7) is 0.527. The van der Waals surface area contributed by atoms with E-state index in [2.05, 4.69) is 11.4 Å². The van der Waals surface area contributed by atoms with Gasteiger partial charge in [-0.1, -0.05) is 18.2 Å². The highest BCUT2D eigenvalue weighted by Crippen LogP contribution is 2.31. The van der Waals surface area contributed by atoms with Crippen molar-refractivity contribution in [2.24, 2.45) is 0 Å². The molecular formula is C14H16O3S. The number of benzene rings is 1. The van der Waals surface area contributed by atoms with E-state index in [0.29, 0.717) is 18.1 Å². The largest absolute Gasteiger partial charge is 0.493 e. The van der Waals surface area contributed by atoms with Crippen LogP contribution in [0.5, 0.6) is 11.5 Å². The minimum atomic E-state index is -0.0501. The minimum absolute atomic E-state index is 0.0501. The smallest absolute Gasteiger partial charge is 0.166 e. The van der Waals surface area contributed by atoms with Gasteiger partial charge in [-0.15, -0.1) is 11.3 Å². The van der Waals surface area contributed by atoms with E-state index in [0.717, 1.165) is 12.0 Å². The van der Waals surface area contributed by atoms with Crippen LogP contribution in [0.2, 0.25) is 0 Å². The van der Waals surface area contributed by atoms with Gasteiger partial charge in [0.15, 0.2) is 11.5 Å². The zero-order valence-electron chi connectivity index (χ0n) is 10.3. The van der Waals surface area contributed by atoms with Crippen LogP contribution in [-0.4, -0.2) is 18.8 Å². The van der Waals surface area contributed by atoms with Crippen LogP contribution in [0.25, 0.3) is 0 Å². The summed E-state index contributed by atoms with van der Waals surface area (Å²) in [7, 11) is 1.60. The fraction of sp³-hybridized carbons (Fsp3) is 0.286. The van der Waals surface area contributed by atoms with Gasteiger partial charge < -0.3 is 14.6 Å². The van der Waals surface area contributed by atoms with E-state index < -0.39 is 0 Å². The summed E-state index contributed by atoms with van der Waals surface area (Å²) < 4.78 is 11.0. The Labute approximate surface area is 111 Å². The predicted octanol–water partition coefficient (Wildman–Crippen LogP) is 2.87. The summed E-state index contributed by atoms with van der Waals surface area (Å²) in [4.78, 5) is 1.29. The topological polar surface area (TPSA) is 38.7 Å². The van der Waals surface area contributed by atoms with Crippen molar-refractivity contribution in [1.82, 2.24) is 0 Å². The molecule has 2 aromatic rings. The van der Waals surface area contributed by atoms with Crippen molar-refractivity contribution in [2.45, 2.75) is 13.0 Å². The molecule has 1 aromatic heterocycles. The molecule has 4 heteroatoms. The van der Waals surface area contributed by atoms with E-state index >= 15 is 0 Å². The van der Waals surface area contributed by atoms with Gasteiger partial charge in [-0.25, -0.2) is 0 Å². The Morgan fingerprint density at radius 1 is 1.22 bits per heavy atom. The van der Waals surface area contributed by atoms with Crippen LogP contribution in [0.15, 0.2) is 35.7 Å². The molecule has 0 aliphatic rings. The van der Waals surface area contributed by atoms with Crippen LogP contribution in [-0.2, 0) is 13.0 Å². The molecule has 1 aromatic carbocycles. The maximum absolute atomic E-state index is 9.29. The molecule has 0 saturated carbocycles. The fourth-order valence-corrected chi connectivity index (χ4v) is 2.41. The molecule has 0 radical (unpaired) electrons. The van der Waals surface area contributed by atoms with Gasteiger partial charge in [0.1, 0.15) is 0 Å². The third-order valence-electron chi connectivity index (χ3n) is 2.63. The third-order valence-corrected chi connectivity index (χ3v) is 3.56. The maximum atomic E-state index is 9.29. The highest BCUT2D eigenvalue weighted by atomic mass is 32.1. The number of aliphatic hydroxyl groups excluding tert-OH is 1. The van der Waals surface area contributed by atoms with Gasteiger partial charge in [0, 0.05) is 16.9 Å². The highest BCUT2D eigenvalue weighted by Gasteiger charge is 2.09. The number of thiophene rings is 1. The number of hydrogen-bond acceptors (Lipinski definition) is 4. The molecule has 0 aliphatic carbocycles. The number of rotatable bonds is 6. The summed E-state index contributed by atoms with van der Waals surface area (Å²) >= 11 is 1.72. The normalized spacial score (nSPS) is 10.3. The number of ether oxygens (including phenoxy) is 2.